The monoisotopic (exact) mass is 465 g/mol. The number of likely N-dealkylation sites (tertiary alicyclic amines) is 2. The quantitative estimate of drug-likeness (QED) is 0.475. The van der Waals surface area contributed by atoms with E-state index in [1.54, 1.807) is 19.5 Å². The first-order chi connectivity index (χ1) is 16.5. The first-order valence-electron chi connectivity index (χ1n) is 12.0. The number of anilines is 2. The summed E-state index contributed by atoms with van der Waals surface area (Å²) < 4.78 is 0. The van der Waals surface area contributed by atoms with E-state index in [0.717, 1.165) is 69.7 Å². The number of carbonyl (C=O) groups is 1. The molecule has 2 fully saturated rings. The van der Waals surface area contributed by atoms with Crippen LogP contribution in [0.5, 0.6) is 0 Å². The molecule has 2 saturated heterocycles. The van der Waals surface area contributed by atoms with Crippen LogP contribution in [0.2, 0.25) is 0 Å². The first-order valence-corrected chi connectivity index (χ1v) is 12.0. The third kappa shape index (κ3) is 6.22. The molecule has 2 aromatic heterocycles. The van der Waals surface area contributed by atoms with E-state index in [0.29, 0.717) is 29.9 Å². The zero-order valence-corrected chi connectivity index (χ0v) is 19.9. The highest BCUT2D eigenvalue weighted by Gasteiger charge is 2.32. The lowest BCUT2D eigenvalue weighted by Gasteiger charge is -2.37. The fourth-order valence-corrected chi connectivity index (χ4v) is 5.06. The summed E-state index contributed by atoms with van der Waals surface area (Å²) >= 11 is 0. The summed E-state index contributed by atoms with van der Waals surface area (Å²) in [4.78, 5) is 30.9. The lowest BCUT2D eigenvalue weighted by Crippen LogP contribution is -2.46. The van der Waals surface area contributed by atoms with E-state index < -0.39 is 0 Å². The van der Waals surface area contributed by atoms with Crippen molar-refractivity contribution in [1.29, 1.82) is 0 Å². The minimum absolute atomic E-state index is 0.113. The van der Waals surface area contributed by atoms with E-state index in [1.165, 1.54) is 5.56 Å². The summed E-state index contributed by atoms with van der Waals surface area (Å²) in [5.41, 5.74) is 14.9. The molecule has 4 N–H and O–H groups in total. The SMILES string of the molecule is CO/N=C(/Cc1ccnc(N)c1)C1CCN(C(=O)C2CCN(Cc3ccnc(N)c3)CC2)CC1. The van der Waals surface area contributed by atoms with Gasteiger partial charge >= 0.3 is 0 Å². The van der Waals surface area contributed by atoms with Crippen LogP contribution in [-0.2, 0) is 22.6 Å². The molecular formula is C25H35N7O2. The Bertz CT molecular complexity index is 996. The highest BCUT2D eigenvalue weighted by molar-refractivity contribution is 5.89. The van der Waals surface area contributed by atoms with Gasteiger partial charge in [-0.3, -0.25) is 9.69 Å². The molecule has 4 rings (SSSR count). The Hall–Kier alpha value is -3.20. The third-order valence-electron chi connectivity index (χ3n) is 6.91. The molecule has 4 heterocycles. The van der Waals surface area contributed by atoms with Gasteiger partial charge in [0.25, 0.3) is 0 Å². The van der Waals surface area contributed by atoms with Gasteiger partial charge in [0.1, 0.15) is 18.7 Å². The molecular weight excluding hydrogens is 430 g/mol. The Labute approximate surface area is 201 Å². The highest BCUT2D eigenvalue weighted by atomic mass is 16.6. The van der Waals surface area contributed by atoms with E-state index in [-0.39, 0.29) is 5.92 Å². The van der Waals surface area contributed by atoms with Crippen molar-refractivity contribution in [3.05, 3.63) is 47.8 Å². The summed E-state index contributed by atoms with van der Waals surface area (Å²) in [6.07, 6.45) is 7.75. The number of nitrogens with zero attached hydrogens (tertiary/aromatic N) is 5. The molecule has 182 valence electrons. The van der Waals surface area contributed by atoms with Gasteiger partial charge in [-0.05, 0) is 74.2 Å². The Balaban J connectivity index is 1.25. The van der Waals surface area contributed by atoms with Crippen LogP contribution < -0.4 is 11.5 Å². The smallest absolute Gasteiger partial charge is 0.225 e. The van der Waals surface area contributed by atoms with Crippen LogP contribution in [0.1, 0.15) is 36.8 Å². The summed E-state index contributed by atoms with van der Waals surface area (Å²) in [5, 5.41) is 4.32. The number of oxime groups is 1. The van der Waals surface area contributed by atoms with Crippen molar-refractivity contribution in [3.63, 3.8) is 0 Å². The molecule has 0 bridgehead atoms. The van der Waals surface area contributed by atoms with Crippen LogP contribution in [-0.4, -0.2) is 64.7 Å². The zero-order valence-electron chi connectivity index (χ0n) is 19.9. The lowest BCUT2D eigenvalue weighted by molar-refractivity contribution is -0.138. The van der Waals surface area contributed by atoms with Gasteiger partial charge in [0.05, 0.1) is 5.71 Å². The highest BCUT2D eigenvalue weighted by Crippen LogP contribution is 2.26. The molecule has 9 heteroatoms. The molecule has 9 nitrogen and oxygen atoms in total. The van der Waals surface area contributed by atoms with Crippen molar-refractivity contribution in [2.45, 2.75) is 38.6 Å². The Morgan fingerprint density at radius 1 is 0.971 bits per heavy atom. The summed E-state index contributed by atoms with van der Waals surface area (Å²) in [6, 6.07) is 7.75. The molecule has 0 atom stereocenters. The lowest BCUT2D eigenvalue weighted by atomic mass is 9.87. The Morgan fingerprint density at radius 3 is 2.18 bits per heavy atom. The number of carbonyl (C=O) groups excluding carboxylic acids is 1. The maximum atomic E-state index is 13.2. The minimum atomic E-state index is 0.113. The van der Waals surface area contributed by atoms with Crippen LogP contribution in [0.4, 0.5) is 11.6 Å². The van der Waals surface area contributed by atoms with E-state index >= 15 is 0 Å². The van der Waals surface area contributed by atoms with Crippen LogP contribution >= 0.6 is 0 Å². The van der Waals surface area contributed by atoms with Crippen LogP contribution in [0.25, 0.3) is 0 Å². The van der Waals surface area contributed by atoms with Crippen LogP contribution in [0.3, 0.4) is 0 Å². The van der Waals surface area contributed by atoms with Gasteiger partial charge in [-0.15, -0.1) is 0 Å². The van der Waals surface area contributed by atoms with Gasteiger partial charge < -0.3 is 21.2 Å². The summed E-state index contributed by atoms with van der Waals surface area (Å²) in [7, 11) is 1.58. The molecule has 0 unspecified atom stereocenters. The standard InChI is InChI=1S/C25H35N7O2/c1-34-30-22(14-18-2-8-28-23(26)15-18)20-6-12-32(13-7-20)25(33)21-4-10-31(11-5-21)17-19-3-9-29-24(27)16-19/h2-3,8-9,15-16,20-21H,4-7,10-14,17H2,1H3,(H2,26,28)(H2,27,29)/b30-22-. The van der Waals surface area contributed by atoms with Gasteiger partial charge in [-0.2, -0.15) is 0 Å². The average Bonchev–Trinajstić information content (AvgIpc) is 2.84. The van der Waals surface area contributed by atoms with Crippen molar-refractivity contribution in [2.24, 2.45) is 17.0 Å². The number of rotatable bonds is 7. The van der Waals surface area contributed by atoms with Gasteiger partial charge in [0, 0.05) is 50.3 Å². The molecule has 2 aliphatic rings. The van der Waals surface area contributed by atoms with Crippen molar-refractivity contribution >= 4 is 23.3 Å². The number of hydrogen-bond donors (Lipinski definition) is 2. The second kappa shape index (κ2) is 11.3. The van der Waals surface area contributed by atoms with Crippen molar-refractivity contribution in [3.8, 4) is 0 Å². The topological polar surface area (TPSA) is 123 Å². The predicted molar refractivity (Wildman–Crippen MR) is 133 cm³/mol. The Kier molecular flexibility index (Phi) is 7.95. The van der Waals surface area contributed by atoms with E-state index in [1.807, 2.05) is 24.3 Å². The summed E-state index contributed by atoms with van der Waals surface area (Å²) in [6.45, 7) is 4.23. The second-order valence-corrected chi connectivity index (χ2v) is 9.27. The van der Waals surface area contributed by atoms with Crippen molar-refractivity contribution < 1.29 is 9.63 Å². The van der Waals surface area contributed by atoms with Gasteiger partial charge in [-0.1, -0.05) is 5.16 Å². The molecule has 0 spiro atoms. The molecule has 0 radical (unpaired) electrons. The second-order valence-electron chi connectivity index (χ2n) is 9.27. The molecule has 0 saturated carbocycles. The molecule has 0 aromatic carbocycles. The number of pyridine rings is 2. The van der Waals surface area contributed by atoms with Crippen molar-refractivity contribution in [1.82, 2.24) is 19.8 Å². The number of nitrogens with two attached hydrogens (primary N) is 2. The summed E-state index contributed by atoms with van der Waals surface area (Å²) in [5.74, 6) is 1.77. The third-order valence-corrected chi connectivity index (χ3v) is 6.91. The normalized spacial score (nSPS) is 18.7. The largest absolute Gasteiger partial charge is 0.399 e. The first kappa shape index (κ1) is 23.9. The van der Waals surface area contributed by atoms with Gasteiger partial charge in [-0.25, -0.2) is 9.97 Å². The Morgan fingerprint density at radius 2 is 1.56 bits per heavy atom. The number of nitrogen functional groups attached to an aromatic ring is 2. The molecule has 1 amide bonds. The van der Waals surface area contributed by atoms with E-state index in [9.17, 15) is 4.79 Å². The molecule has 2 aliphatic heterocycles. The maximum absolute atomic E-state index is 13.2. The maximum Gasteiger partial charge on any atom is 0.225 e. The van der Waals surface area contributed by atoms with E-state index in [2.05, 4.69) is 24.9 Å². The number of amides is 1. The number of hydrogen-bond acceptors (Lipinski definition) is 8. The van der Waals surface area contributed by atoms with Crippen LogP contribution in [0, 0.1) is 11.8 Å². The predicted octanol–water partition coefficient (Wildman–Crippen LogP) is 2.34. The fraction of sp³-hybridized carbons (Fsp3) is 0.520. The molecule has 34 heavy (non-hydrogen) atoms. The fourth-order valence-electron chi connectivity index (χ4n) is 5.06. The van der Waals surface area contributed by atoms with Gasteiger partial charge in [0.15, 0.2) is 0 Å². The zero-order chi connectivity index (χ0) is 23.9. The van der Waals surface area contributed by atoms with Crippen molar-refractivity contribution in [2.75, 3.05) is 44.8 Å². The van der Waals surface area contributed by atoms with E-state index in [4.69, 9.17) is 16.3 Å². The molecule has 2 aromatic rings. The minimum Gasteiger partial charge on any atom is -0.399 e. The van der Waals surface area contributed by atoms with Crippen LogP contribution in [0.15, 0.2) is 41.8 Å². The van der Waals surface area contributed by atoms with Gasteiger partial charge in [0.2, 0.25) is 5.91 Å². The average molecular weight is 466 g/mol. The number of aromatic nitrogens is 2. The number of piperidine rings is 2. The molecule has 0 aliphatic carbocycles.